The van der Waals surface area contributed by atoms with E-state index >= 15 is 0 Å². The number of carbonyl (C=O) groups excluding carboxylic acids is 1. The van der Waals surface area contributed by atoms with Crippen molar-refractivity contribution in [3.63, 3.8) is 0 Å². The first-order valence-electron chi connectivity index (χ1n) is 8.39. The first-order chi connectivity index (χ1) is 10.9. The molecule has 7 nitrogen and oxygen atoms in total. The molecule has 2 aliphatic carbocycles. The Bertz CT molecular complexity index is 545. The Kier molecular flexibility index (Phi) is 4.48. The van der Waals surface area contributed by atoms with E-state index in [0.717, 1.165) is 12.3 Å². The van der Waals surface area contributed by atoms with Gasteiger partial charge in [0.15, 0.2) is 5.84 Å². The summed E-state index contributed by atoms with van der Waals surface area (Å²) in [6.07, 6.45) is 5.44. The maximum atomic E-state index is 11.9. The van der Waals surface area contributed by atoms with Crippen molar-refractivity contribution in [3.05, 3.63) is 11.5 Å². The lowest BCUT2D eigenvalue weighted by Crippen LogP contribution is -2.43. The molecular weight excluding hydrogens is 296 g/mol. The number of oxime groups is 1. The SMILES string of the molecule is CC1=C(O)C(C)N(C/C(N)=N/OC(=O)CC2CC3CCC2C3)N1. The molecule has 2 saturated carbocycles. The molecule has 1 aliphatic heterocycles. The molecule has 0 amide bonds. The van der Waals surface area contributed by atoms with E-state index in [-0.39, 0.29) is 30.2 Å². The Morgan fingerprint density at radius 2 is 2.26 bits per heavy atom. The summed E-state index contributed by atoms with van der Waals surface area (Å²) in [6.45, 7) is 3.91. The molecule has 0 aromatic heterocycles. The highest BCUT2D eigenvalue weighted by molar-refractivity contribution is 5.83. The second-order valence-electron chi connectivity index (χ2n) is 7.11. The van der Waals surface area contributed by atoms with Gasteiger partial charge in [-0.05, 0) is 50.9 Å². The van der Waals surface area contributed by atoms with Gasteiger partial charge in [-0.1, -0.05) is 11.6 Å². The number of nitrogens with one attached hydrogen (secondary N) is 1. The van der Waals surface area contributed by atoms with Crippen LogP contribution in [0.1, 0.15) is 46.0 Å². The smallest absolute Gasteiger partial charge is 0.335 e. The molecule has 2 fully saturated rings. The number of aliphatic hydroxyl groups is 1. The van der Waals surface area contributed by atoms with Crippen LogP contribution in [0.4, 0.5) is 0 Å². The van der Waals surface area contributed by atoms with Crippen LogP contribution in [-0.2, 0) is 9.63 Å². The van der Waals surface area contributed by atoms with Crippen LogP contribution in [0.2, 0.25) is 0 Å². The molecule has 7 heteroatoms. The zero-order chi connectivity index (χ0) is 16.6. The standard InChI is InChI=1S/C16H26N4O3/c1-9-16(22)10(2)20(18-9)8-14(17)19-23-15(21)7-13-6-11-3-4-12(13)5-11/h10-13,18,22H,3-8H2,1-2H3,(H2,17,19). The van der Waals surface area contributed by atoms with Crippen LogP contribution in [0.5, 0.6) is 0 Å². The summed E-state index contributed by atoms with van der Waals surface area (Å²) in [5, 5.41) is 15.3. The Balaban J connectivity index is 1.43. The van der Waals surface area contributed by atoms with Crippen molar-refractivity contribution in [1.29, 1.82) is 0 Å². The predicted octanol–water partition coefficient (Wildman–Crippen LogP) is 1.63. The minimum Gasteiger partial charge on any atom is -0.509 e. The molecule has 4 N–H and O–H groups in total. The molecule has 0 radical (unpaired) electrons. The number of nitrogens with zero attached hydrogens (tertiary/aromatic N) is 2. The van der Waals surface area contributed by atoms with E-state index in [1.807, 2.05) is 6.92 Å². The largest absolute Gasteiger partial charge is 0.509 e. The van der Waals surface area contributed by atoms with Crippen LogP contribution in [0, 0.1) is 17.8 Å². The summed E-state index contributed by atoms with van der Waals surface area (Å²) in [4.78, 5) is 16.9. The maximum absolute atomic E-state index is 11.9. The van der Waals surface area contributed by atoms with Crippen molar-refractivity contribution in [2.45, 2.75) is 52.0 Å². The number of carbonyl (C=O) groups is 1. The van der Waals surface area contributed by atoms with Crippen molar-refractivity contribution < 1.29 is 14.7 Å². The molecule has 128 valence electrons. The van der Waals surface area contributed by atoms with Crippen LogP contribution in [-0.4, -0.2) is 34.5 Å². The van der Waals surface area contributed by atoms with Crippen molar-refractivity contribution in [2.24, 2.45) is 28.6 Å². The van der Waals surface area contributed by atoms with E-state index in [0.29, 0.717) is 24.0 Å². The number of hydrogen-bond donors (Lipinski definition) is 3. The summed E-state index contributed by atoms with van der Waals surface area (Å²) < 4.78 is 0. The fourth-order valence-corrected chi connectivity index (χ4v) is 4.20. The maximum Gasteiger partial charge on any atom is 0.335 e. The Morgan fingerprint density at radius 1 is 1.48 bits per heavy atom. The first-order valence-corrected chi connectivity index (χ1v) is 8.39. The van der Waals surface area contributed by atoms with Gasteiger partial charge in [-0.2, -0.15) is 0 Å². The molecule has 0 aromatic rings. The minimum absolute atomic E-state index is 0.187. The van der Waals surface area contributed by atoms with Crippen molar-refractivity contribution in [2.75, 3.05) is 6.54 Å². The number of amidine groups is 1. The Labute approximate surface area is 136 Å². The highest BCUT2D eigenvalue weighted by Gasteiger charge is 2.40. The molecule has 3 aliphatic rings. The van der Waals surface area contributed by atoms with Crippen LogP contribution in [0.25, 0.3) is 0 Å². The molecule has 2 bridgehead atoms. The van der Waals surface area contributed by atoms with Crippen LogP contribution >= 0.6 is 0 Å². The summed E-state index contributed by atoms with van der Waals surface area (Å²) in [5.41, 5.74) is 9.52. The number of nitrogens with two attached hydrogens (primary N) is 1. The third-order valence-corrected chi connectivity index (χ3v) is 5.47. The summed E-state index contributed by atoms with van der Waals surface area (Å²) in [7, 11) is 0. The Morgan fingerprint density at radius 3 is 2.83 bits per heavy atom. The zero-order valence-electron chi connectivity index (χ0n) is 13.8. The summed E-state index contributed by atoms with van der Waals surface area (Å²) in [6, 6.07) is -0.187. The molecule has 1 heterocycles. The molecule has 0 spiro atoms. The average Bonchev–Trinajstić information content (AvgIpc) is 3.18. The fourth-order valence-electron chi connectivity index (χ4n) is 4.20. The molecule has 0 aromatic carbocycles. The van der Waals surface area contributed by atoms with E-state index in [4.69, 9.17) is 10.6 Å². The van der Waals surface area contributed by atoms with Crippen LogP contribution in [0.3, 0.4) is 0 Å². The highest BCUT2D eigenvalue weighted by Crippen LogP contribution is 2.49. The van der Waals surface area contributed by atoms with Gasteiger partial charge in [0.05, 0.1) is 24.7 Å². The normalized spacial score (nSPS) is 34.1. The quantitative estimate of drug-likeness (QED) is 0.308. The van der Waals surface area contributed by atoms with Gasteiger partial charge >= 0.3 is 5.97 Å². The second kappa shape index (κ2) is 6.39. The van der Waals surface area contributed by atoms with E-state index in [2.05, 4.69) is 10.6 Å². The van der Waals surface area contributed by atoms with E-state index in [1.165, 1.54) is 19.3 Å². The third kappa shape index (κ3) is 3.44. The van der Waals surface area contributed by atoms with Gasteiger partial charge in [0.25, 0.3) is 0 Å². The number of fused-ring (bicyclic) bond motifs is 2. The monoisotopic (exact) mass is 322 g/mol. The zero-order valence-corrected chi connectivity index (χ0v) is 13.8. The van der Waals surface area contributed by atoms with Gasteiger partial charge < -0.3 is 21.1 Å². The van der Waals surface area contributed by atoms with Crippen molar-refractivity contribution in [1.82, 2.24) is 10.4 Å². The number of hydrazine groups is 1. The van der Waals surface area contributed by atoms with E-state index < -0.39 is 0 Å². The number of rotatable bonds is 5. The number of aliphatic hydroxyl groups excluding tert-OH is 1. The fraction of sp³-hybridized carbons (Fsp3) is 0.750. The predicted molar refractivity (Wildman–Crippen MR) is 85.9 cm³/mol. The van der Waals surface area contributed by atoms with Gasteiger partial charge in [-0.3, -0.25) is 0 Å². The summed E-state index contributed by atoms with van der Waals surface area (Å²) in [5.74, 6) is 2.16. The molecule has 23 heavy (non-hydrogen) atoms. The number of hydrogen-bond acceptors (Lipinski definition) is 6. The van der Waals surface area contributed by atoms with Crippen LogP contribution < -0.4 is 11.2 Å². The number of allylic oxidation sites excluding steroid dienone is 1. The van der Waals surface area contributed by atoms with E-state index in [1.54, 1.807) is 11.9 Å². The topological polar surface area (TPSA) is 100 Å². The molecule has 4 atom stereocenters. The van der Waals surface area contributed by atoms with Gasteiger partial charge in [-0.25, -0.2) is 9.80 Å². The lowest BCUT2D eigenvalue weighted by molar-refractivity contribution is -0.145. The van der Waals surface area contributed by atoms with Gasteiger partial charge in [-0.15, -0.1) is 0 Å². The molecule has 3 rings (SSSR count). The van der Waals surface area contributed by atoms with Gasteiger partial charge in [0.1, 0.15) is 5.76 Å². The van der Waals surface area contributed by atoms with Gasteiger partial charge in [0.2, 0.25) is 0 Å². The summed E-state index contributed by atoms with van der Waals surface area (Å²) >= 11 is 0. The minimum atomic E-state index is -0.301. The second-order valence-corrected chi connectivity index (χ2v) is 7.11. The van der Waals surface area contributed by atoms with Gasteiger partial charge in [0, 0.05) is 0 Å². The van der Waals surface area contributed by atoms with Crippen molar-refractivity contribution in [3.8, 4) is 0 Å². The van der Waals surface area contributed by atoms with E-state index in [9.17, 15) is 9.90 Å². The molecule has 4 unspecified atom stereocenters. The van der Waals surface area contributed by atoms with Crippen molar-refractivity contribution >= 4 is 11.8 Å². The first kappa shape index (κ1) is 16.1. The lowest BCUT2D eigenvalue weighted by Gasteiger charge is -2.21. The molecule has 0 saturated heterocycles. The van der Waals surface area contributed by atoms with Crippen LogP contribution in [0.15, 0.2) is 16.6 Å². The highest BCUT2D eigenvalue weighted by atomic mass is 16.7. The average molecular weight is 322 g/mol. The lowest BCUT2D eigenvalue weighted by atomic mass is 9.86. The Hall–Kier alpha value is -1.76. The molecular formula is C16H26N4O3. The third-order valence-electron chi connectivity index (χ3n) is 5.47.